The Labute approximate surface area is 162 Å². The number of hydrogen-bond donors (Lipinski definition) is 1. The standard InChI is InChI=1S/C21H22F2N4O/c22-16-3-1-2-14(18(16)23)15-11-27(17-10-13(21(24)28)4-7-25-17)19-12-5-8-26(9-6-12)20(15)19/h1-4,7,10,12,15,19-20H,5-6,8-9,11H2,(H2,24,28). The second-order valence-electron chi connectivity index (χ2n) is 8.02. The molecule has 4 aliphatic rings. The summed E-state index contributed by atoms with van der Waals surface area (Å²) >= 11 is 0. The van der Waals surface area contributed by atoms with Crippen LogP contribution >= 0.6 is 0 Å². The first-order valence-corrected chi connectivity index (χ1v) is 9.75. The van der Waals surface area contributed by atoms with Gasteiger partial charge < -0.3 is 10.6 Å². The number of benzene rings is 1. The molecular weight excluding hydrogens is 362 g/mol. The summed E-state index contributed by atoms with van der Waals surface area (Å²) in [5.74, 6) is -1.05. The van der Waals surface area contributed by atoms with Crippen molar-refractivity contribution >= 4 is 11.7 Å². The minimum Gasteiger partial charge on any atom is -0.366 e. The van der Waals surface area contributed by atoms with Crippen LogP contribution in [0.1, 0.15) is 34.7 Å². The third kappa shape index (κ3) is 2.60. The van der Waals surface area contributed by atoms with Gasteiger partial charge in [-0.15, -0.1) is 0 Å². The third-order valence-corrected chi connectivity index (χ3v) is 6.70. The molecule has 1 aromatic carbocycles. The molecule has 28 heavy (non-hydrogen) atoms. The Kier molecular flexibility index (Phi) is 4.08. The molecular formula is C21H22F2N4O. The van der Waals surface area contributed by atoms with Crippen LogP contribution in [0.3, 0.4) is 0 Å². The van der Waals surface area contributed by atoms with E-state index in [1.165, 1.54) is 0 Å². The van der Waals surface area contributed by atoms with Gasteiger partial charge in [0.1, 0.15) is 5.82 Å². The van der Waals surface area contributed by atoms with Gasteiger partial charge in [0.15, 0.2) is 11.6 Å². The Morgan fingerprint density at radius 2 is 1.93 bits per heavy atom. The van der Waals surface area contributed by atoms with Crippen molar-refractivity contribution in [2.45, 2.75) is 30.8 Å². The van der Waals surface area contributed by atoms with Crippen molar-refractivity contribution in [2.75, 3.05) is 24.5 Å². The van der Waals surface area contributed by atoms with Gasteiger partial charge in [-0.1, -0.05) is 12.1 Å². The number of fused-ring (bicyclic) bond motifs is 2. The second kappa shape index (κ2) is 6.51. The first-order valence-electron chi connectivity index (χ1n) is 9.75. The lowest BCUT2D eigenvalue weighted by Crippen LogP contribution is -2.60. The molecule has 6 rings (SSSR count). The minimum atomic E-state index is -0.808. The Morgan fingerprint density at radius 3 is 2.68 bits per heavy atom. The number of primary amides is 1. The maximum absolute atomic E-state index is 14.7. The predicted octanol–water partition coefficient (Wildman–Crippen LogP) is 2.53. The Bertz CT molecular complexity index is 928. The first kappa shape index (κ1) is 17.6. The van der Waals surface area contributed by atoms with E-state index < -0.39 is 17.5 Å². The summed E-state index contributed by atoms with van der Waals surface area (Å²) in [6.45, 7) is 2.52. The Morgan fingerprint density at radius 1 is 1.14 bits per heavy atom. The summed E-state index contributed by atoms with van der Waals surface area (Å²) < 4.78 is 28.6. The van der Waals surface area contributed by atoms with Gasteiger partial charge in [0.2, 0.25) is 5.91 Å². The molecule has 0 spiro atoms. The quantitative estimate of drug-likeness (QED) is 0.883. The largest absolute Gasteiger partial charge is 0.366 e. The molecule has 3 atom stereocenters. The molecule has 0 saturated carbocycles. The molecule has 5 heterocycles. The van der Waals surface area contributed by atoms with Crippen molar-refractivity contribution in [1.29, 1.82) is 0 Å². The van der Waals surface area contributed by atoms with Crippen LogP contribution in [0.25, 0.3) is 0 Å². The van der Waals surface area contributed by atoms with Crippen LogP contribution in [0.4, 0.5) is 14.6 Å². The number of carbonyl (C=O) groups excluding carboxylic acids is 1. The Hall–Kier alpha value is -2.54. The van der Waals surface area contributed by atoms with E-state index >= 15 is 0 Å². The number of nitrogens with two attached hydrogens (primary N) is 1. The predicted molar refractivity (Wildman–Crippen MR) is 101 cm³/mol. The van der Waals surface area contributed by atoms with Gasteiger partial charge in [-0.2, -0.15) is 0 Å². The van der Waals surface area contributed by atoms with Crippen LogP contribution in [-0.2, 0) is 0 Å². The van der Waals surface area contributed by atoms with Crippen molar-refractivity contribution in [1.82, 2.24) is 9.88 Å². The van der Waals surface area contributed by atoms with E-state index in [0.29, 0.717) is 29.4 Å². The van der Waals surface area contributed by atoms with Crippen LogP contribution in [0, 0.1) is 17.6 Å². The van der Waals surface area contributed by atoms with Crippen LogP contribution < -0.4 is 10.6 Å². The normalized spacial score (nSPS) is 31.1. The van der Waals surface area contributed by atoms with Crippen LogP contribution in [0.2, 0.25) is 0 Å². The SMILES string of the molecule is NC(=O)c1ccnc(N2CC(c3cccc(F)c3F)C3C2C2CCN3CC2)c1. The molecule has 0 radical (unpaired) electrons. The number of carbonyl (C=O) groups is 1. The molecule has 2 aromatic rings. The molecule has 1 amide bonds. The highest BCUT2D eigenvalue weighted by Gasteiger charge is 2.54. The van der Waals surface area contributed by atoms with E-state index in [1.807, 2.05) is 0 Å². The molecule has 4 aliphatic heterocycles. The number of aromatic nitrogens is 1. The van der Waals surface area contributed by atoms with Gasteiger partial charge in [-0.05, 0) is 55.6 Å². The van der Waals surface area contributed by atoms with Gasteiger partial charge in [0.05, 0.1) is 0 Å². The average molecular weight is 384 g/mol. The summed E-state index contributed by atoms with van der Waals surface area (Å²) in [6, 6.07) is 8.03. The minimum absolute atomic E-state index is 0.114. The molecule has 2 N–H and O–H groups in total. The maximum Gasteiger partial charge on any atom is 0.248 e. The number of rotatable bonds is 3. The van der Waals surface area contributed by atoms with E-state index in [-0.39, 0.29) is 18.0 Å². The highest BCUT2D eigenvalue weighted by Crippen LogP contribution is 2.48. The fourth-order valence-electron chi connectivity index (χ4n) is 5.49. The molecule has 4 fully saturated rings. The van der Waals surface area contributed by atoms with E-state index in [9.17, 15) is 13.6 Å². The van der Waals surface area contributed by atoms with Crippen LogP contribution in [0.5, 0.6) is 0 Å². The fourth-order valence-corrected chi connectivity index (χ4v) is 5.49. The number of hydrogen-bond acceptors (Lipinski definition) is 4. The van der Waals surface area contributed by atoms with E-state index in [0.717, 1.165) is 32.0 Å². The lowest BCUT2D eigenvalue weighted by atomic mass is 9.75. The zero-order chi connectivity index (χ0) is 19.4. The van der Waals surface area contributed by atoms with Crippen molar-refractivity contribution in [3.63, 3.8) is 0 Å². The van der Waals surface area contributed by atoms with Crippen molar-refractivity contribution in [2.24, 2.45) is 11.7 Å². The molecule has 146 valence electrons. The molecule has 4 saturated heterocycles. The lowest BCUT2D eigenvalue weighted by molar-refractivity contribution is 0.0350. The number of halogens is 2. The third-order valence-electron chi connectivity index (χ3n) is 6.70. The van der Waals surface area contributed by atoms with Gasteiger partial charge in [0.25, 0.3) is 0 Å². The molecule has 5 nitrogen and oxygen atoms in total. The monoisotopic (exact) mass is 384 g/mol. The smallest absolute Gasteiger partial charge is 0.248 e. The molecule has 3 unspecified atom stereocenters. The number of pyridine rings is 1. The zero-order valence-electron chi connectivity index (χ0n) is 15.4. The number of amides is 1. The summed E-state index contributed by atoms with van der Waals surface area (Å²) in [6.07, 6.45) is 3.76. The van der Waals surface area contributed by atoms with Crippen molar-refractivity contribution in [3.05, 3.63) is 59.3 Å². The summed E-state index contributed by atoms with van der Waals surface area (Å²) in [7, 11) is 0. The van der Waals surface area contributed by atoms with Crippen LogP contribution in [-0.4, -0.2) is 47.5 Å². The van der Waals surface area contributed by atoms with Gasteiger partial charge in [0, 0.05) is 36.3 Å². The molecule has 1 aromatic heterocycles. The molecule has 0 aliphatic carbocycles. The molecule has 7 heteroatoms. The highest BCUT2D eigenvalue weighted by atomic mass is 19.2. The highest BCUT2D eigenvalue weighted by molar-refractivity contribution is 5.93. The zero-order valence-corrected chi connectivity index (χ0v) is 15.4. The number of piperidine rings is 3. The van der Waals surface area contributed by atoms with Crippen molar-refractivity contribution in [3.8, 4) is 0 Å². The summed E-state index contributed by atoms with van der Waals surface area (Å²) in [5, 5.41) is 0. The average Bonchev–Trinajstić information content (AvgIpc) is 3.14. The van der Waals surface area contributed by atoms with E-state index in [1.54, 1.807) is 30.5 Å². The van der Waals surface area contributed by atoms with Crippen LogP contribution in [0.15, 0.2) is 36.5 Å². The molecule has 2 bridgehead atoms. The fraction of sp³-hybridized carbons (Fsp3) is 0.429. The first-order chi connectivity index (χ1) is 13.5. The van der Waals surface area contributed by atoms with Gasteiger partial charge >= 0.3 is 0 Å². The number of anilines is 1. The van der Waals surface area contributed by atoms with E-state index in [2.05, 4.69) is 14.8 Å². The van der Waals surface area contributed by atoms with Crippen molar-refractivity contribution < 1.29 is 13.6 Å². The maximum atomic E-state index is 14.7. The van der Waals surface area contributed by atoms with Gasteiger partial charge in [-0.25, -0.2) is 13.8 Å². The second-order valence-corrected chi connectivity index (χ2v) is 8.02. The summed E-state index contributed by atoms with van der Waals surface area (Å²) in [5.41, 5.74) is 6.28. The van der Waals surface area contributed by atoms with Gasteiger partial charge in [-0.3, -0.25) is 9.69 Å². The number of nitrogens with zero attached hydrogens (tertiary/aromatic N) is 3. The lowest BCUT2D eigenvalue weighted by Gasteiger charge is -2.51. The Balaban J connectivity index is 1.59. The van der Waals surface area contributed by atoms with E-state index in [4.69, 9.17) is 5.73 Å². The summed E-state index contributed by atoms with van der Waals surface area (Å²) in [4.78, 5) is 20.7. The topological polar surface area (TPSA) is 62.5 Å².